The summed E-state index contributed by atoms with van der Waals surface area (Å²) >= 11 is 0. The smallest absolute Gasteiger partial charge is 0.248 e. The Hall–Kier alpha value is -2.74. The molecule has 1 aromatic carbocycles. The molecule has 3 aromatic rings. The number of benzene rings is 1. The molecule has 7 nitrogen and oxygen atoms in total. The SMILES string of the molecule is O=C(COCc1nc2ccc(F)cc2[nH]1)N1CCc2nc[nH]c2C1. The van der Waals surface area contributed by atoms with Crippen LogP contribution in [0.4, 0.5) is 4.39 Å². The number of imidazole rings is 2. The number of halogens is 1. The molecule has 1 aliphatic heterocycles. The van der Waals surface area contributed by atoms with Crippen LogP contribution in [0.25, 0.3) is 11.0 Å². The van der Waals surface area contributed by atoms with Crippen molar-refractivity contribution in [3.8, 4) is 0 Å². The number of aromatic amines is 2. The number of rotatable bonds is 4. The second-order valence-electron chi connectivity index (χ2n) is 5.73. The number of hydrogen-bond acceptors (Lipinski definition) is 4. The van der Waals surface area contributed by atoms with Crippen LogP contribution in [0, 0.1) is 5.82 Å². The van der Waals surface area contributed by atoms with Gasteiger partial charge in [0.05, 0.1) is 35.3 Å². The number of carbonyl (C=O) groups is 1. The highest BCUT2D eigenvalue weighted by Gasteiger charge is 2.22. The van der Waals surface area contributed by atoms with Crippen LogP contribution in [0.15, 0.2) is 24.5 Å². The molecule has 2 aromatic heterocycles. The molecule has 0 saturated heterocycles. The summed E-state index contributed by atoms with van der Waals surface area (Å²) in [4.78, 5) is 28.5. The van der Waals surface area contributed by atoms with Gasteiger partial charge in [0.25, 0.3) is 0 Å². The minimum atomic E-state index is -0.322. The fraction of sp³-hybridized carbons (Fsp3) is 0.312. The first-order valence-electron chi connectivity index (χ1n) is 7.70. The molecule has 24 heavy (non-hydrogen) atoms. The Labute approximate surface area is 136 Å². The van der Waals surface area contributed by atoms with Gasteiger partial charge < -0.3 is 19.6 Å². The maximum atomic E-state index is 13.2. The van der Waals surface area contributed by atoms with Gasteiger partial charge in [-0.3, -0.25) is 4.79 Å². The summed E-state index contributed by atoms with van der Waals surface area (Å²) < 4.78 is 18.6. The fourth-order valence-electron chi connectivity index (χ4n) is 2.85. The topological polar surface area (TPSA) is 86.9 Å². The number of hydrogen-bond donors (Lipinski definition) is 2. The van der Waals surface area contributed by atoms with Crippen molar-refractivity contribution in [2.75, 3.05) is 13.2 Å². The molecule has 0 fully saturated rings. The molecule has 0 saturated carbocycles. The van der Waals surface area contributed by atoms with Crippen LogP contribution in [0.2, 0.25) is 0 Å². The van der Waals surface area contributed by atoms with Gasteiger partial charge in [-0.25, -0.2) is 14.4 Å². The van der Waals surface area contributed by atoms with Crippen molar-refractivity contribution in [2.24, 2.45) is 0 Å². The van der Waals surface area contributed by atoms with Crippen LogP contribution in [-0.4, -0.2) is 43.9 Å². The van der Waals surface area contributed by atoms with E-state index in [1.54, 1.807) is 17.3 Å². The van der Waals surface area contributed by atoms with E-state index in [4.69, 9.17) is 4.74 Å². The molecule has 0 aliphatic carbocycles. The van der Waals surface area contributed by atoms with E-state index in [0.717, 1.165) is 17.8 Å². The Morgan fingerprint density at radius 2 is 2.33 bits per heavy atom. The second-order valence-corrected chi connectivity index (χ2v) is 5.73. The van der Waals surface area contributed by atoms with Crippen LogP contribution in [0.3, 0.4) is 0 Å². The minimum Gasteiger partial charge on any atom is -0.364 e. The summed E-state index contributed by atoms with van der Waals surface area (Å²) in [5.74, 6) is 0.173. The van der Waals surface area contributed by atoms with E-state index in [0.29, 0.717) is 29.9 Å². The number of aromatic nitrogens is 4. The molecule has 0 atom stereocenters. The zero-order valence-electron chi connectivity index (χ0n) is 12.9. The predicted molar refractivity (Wildman–Crippen MR) is 83.4 cm³/mol. The first kappa shape index (κ1) is 14.8. The Kier molecular flexibility index (Phi) is 3.73. The van der Waals surface area contributed by atoms with Crippen LogP contribution in [0.1, 0.15) is 17.2 Å². The summed E-state index contributed by atoms with van der Waals surface area (Å²) in [5.41, 5.74) is 3.29. The number of H-pyrrole nitrogens is 2. The molecule has 1 amide bonds. The fourth-order valence-corrected chi connectivity index (χ4v) is 2.85. The summed E-state index contributed by atoms with van der Waals surface area (Å²) in [6.07, 6.45) is 2.40. The van der Waals surface area contributed by atoms with Gasteiger partial charge in [0, 0.05) is 13.0 Å². The molecular weight excluding hydrogens is 313 g/mol. The number of fused-ring (bicyclic) bond motifs is 2. The second kappa shape index (κ2) is 6.04. The summed E-state index contributed by atoms with van der Waals surface area (Å²) in [6, 6.07) is 4.34. The summed E-state index contributed by atoms with van der Waals surface area (Å²) in [5, 5.41) is 0. The van der Waals surface area contributed by atoms with E-state index in [1.807, 2.05) is 0 Å². The third-order valence-electron chi connectivity index (χ3n) is 4.09. The lowest BCUT2D eigenvalue weighted by Crippen LogP contribution is -2.38. The molecule has 124 valence electrons. The Morgan fingerprint density at radius 3 is 3.25 bits per heavy atom. The highest BCUT2D eigenvalue weighted by molar-refractivity contribution is 5.77. The van der Waals surface area contributed by atoms with Crippen molar-refractivity contribution in [3.63, 3.8) is 0 Å². The monoisotopic (exact) mass is 329 g/mol. The Morgan fingerprint density at radius 1 is 1.42 bits per heavy atom. The molecule has 8 heteroatoms. The zero-order chi connectivity index (χ0) is 16.5. The average molecular weight is 329 g/mol. The number of amides is 1. The van der Waals surface area contributed by atoms with Crippen molar-refractivity contribution >= 4 is 16.9 Å². The average Bonchev–Trinajstić information content (AvgIpc) is 3.19. The lowest BCUT2D eigenvalue weighted by atomic mass is 10.1. The van der Waals surface area contributed by atoms with Gasteiger partial charge in [0.1, 0.15) is 24.9 Å². The van der Waals surface area contributed by atoms with E-state index >= 15 is 0 Å². The van der Waals surface area contributed by atoms with Gasteiger partial charge in [-0.15, -0.1) is 0 Å². The van der Waals surface area contributed by atoms with Crippen molar-refractivity contribution in [3.05, 3.63) is 47.6 Å². The molecular formula is C16H16FN5O2. The predicted octanol–water partition coefficient (Wildman–Crippen LogP) is 1.53. The highest BCUT2D eigenvalue weighted by atomic mass is 19.1. The Balaban J connectivity index is 1.32. The zero-order valence-corrected chi connectivity index (χ0v) is 12.9. The van der Waals surface area contributed by atoms with Crippen LogP contribution >= 0.6 is 0 Å². The lowest BCUT2D eigenvalue weighted by Gasteiger charge is -2.26. The molecule has 3 heterocycles. The molecule has 0 radical (unpaired) electrons. The van der Waals surface area contributed by atoms with E-state index in [2.05, 4.69) is 19.9 Å². The van der Waals surface area contributed by atoms with Gasteiger partial charge in [-0.2, -0.15) is 0 Å². The van der Waals surface area contributed by atoms with Gasteiger partial charge in [0.2, 0.25) is 5.91 Å². The molecule has 0 spiro atoms. The first-order valence-corrected chi connectivity index (χ1v) is 7.70. The molecule has 0 bridgehead atoms. The lowest BCUT2D eigenvalue weighted by molar-refractivity contribution is -0.137. The maximum Gasteiger partial charge on any atom is 0.248 e. The maximum absolute atomic E-state index is 13.2. The van der Waals surface area contributed by atoms with Gasteiger partial charge in [0.15, 0.2) is 0 Å². The molecule has 2 N–H and O–H groups in total. The van der Waals surface area contributed by atoms with Gasteiger partial charge in [-0.1, -0.05) is 0 Å². The van der Waals surface area contributed by atoms with Crippen LogP contribution < -0.4 is 0 Å². The van der Waals surface area contributed by atoms with E-state index in [-0.39, 0.29) is 24.9 Å². The number of ether oxygens (including phenoxy) is 1. The summed E-state index contributed by atoms with van der Waals surface area (Å²) in [7, 11) is 0. The van der Waals surface area contributed by atoms with Crippen LogP contribution in [0.5, 0.6) is 0 Å². The molecule has 0 unspecified atom stereocenters. The largest absolute Gasteiger partial charge is 0.364 e. The van der Waals surface area contributed by atoms with E-state index < -0.39 is 0 Å². The van der Waals surface area contributed by atoms with Gasteiger partial charge in [-0.05, 0) is 18.2 Å². The quantitative estimate of drug-likeness (QED) is 0.760. The third kappa shape index (κ3) is 2.88. The molecule has 1 aliphatic rings. The highest BCUT2D eigenvalue weighted by Crippen LogP contribution is 2.15. The van der Waals surface area contributed by atoms with Gasteiger partial charge >= 0.3 is 0 Å². The number of carbonyl (C=O) groups excluding carboxylic acids is 1. The summed E-state index contributed by atoms with van der Waals surface area (Å²) in [6.45, 7) is 1.32. The van der Waals surface area contributed by atoms with E-state index in [9.17, 15) is 9.18 Å². The minimum absolute atomic E-state index is 0.0190. The van der Waals surface area contributed by atoms with Crippen molar-refractivity contribution < 1.29 is 13.9 Å². The number of nitrogens with zero attached hydrogens (tertiary/aromatic N) is 3. The number of nitrogens with one attached hydrogen (secondary N) is 2. The molecule has 4 rings (SSSR count). The van der Waals surface area contributed by atoms with Crippen molar-refractivity contribution in [1.29, 1.82) is 0 Å². The van der Waals surface area contributed by atoms with Crippen molar-refractivity contribution in [2.45, 2.75) is 19.6 Å². The third-order valence-corrected chi connectivity index (χ3v) is 4.09. The Bertz CT molecular complexity index is 888. The van der Waals surface area contributed by atoms with Crippen LogP contribution in [-0.2, 0) is 29.1 Å². The van der Waals surface area contributed by atoms with E-state index in [1.165, 1.54) is 12.1 Å². The normalized spacial score (nSPS) is 14.1. The standard InChI is InChI=1S/C16H16FN5O2/c17-10-1-2-12-13(5-10)21-15(20-12)7-24-8-16(23)22-4-3-11-14(6-22)19-9-18-11/h1-2,5,9H,3-4,6-8H2,(H,18,19)(H,20,21). The van der Waals surface area contributed by atoms with Crippen molar-refractivity contribution in [1.82, 2.24) is 24.8 Å². The first-order chi connectivity index (χ1) is 11.7.